The number of rotatable bonds is 10. The number of anilines is 1. The number of aliphatic hydroxyl groups excluding tert-OH is 1. The number of hydrogen-bond acceptors (Lipinski definition) is 6. The second-order valence-electron chi connectivity index (χ2n) is 8.69. The third kappa shape index (κ3) is 6.24. The van der Waals surface area contributed by atoms with Gasteiger partial charge in [-0.2, -0.15) is 5.06 Å². The Bertz CT molecular complexity index is 1210. The molecular weight excluding hydrogens is 484 g/mol. The molecule has 198 valence electrons. The lowest BCUT2D eigenvalue weighted by atomic mass is 10.0. The van der Waals surface area contributed by atoms with Crippen LogP contribution in [0.4, 0.5) is 19.4 Å². The molecule has 1 aromatic heterocycles. The zero-order valence-electron chi connectivity index (χ0n) is 20.8. The predicted molar refractivity (Wildman–Crippen MR) is 133 cm³/mol. The van der Waals surface area contributed by atoms with Gasteiger partial charge in [-0.3, -0.25) is 10.2 Å². The molecule has 1 aliphatic rings. The molecule has 9 nitrogen and oxygen atoms in total. The number of aliphatic hydroxyl groups is 1. The fourth-order valence-electron chi connectivity index (χ4n) is 4.11. The van der Waals surface area contributed by atoms with Crippen molar-refractivity contribution in [1.29, 1.82) is 0 Å². The molecule has 4 rings (SSSR count). The predicted octanol–water partition coefficient (Wildman–Crippen LogP) is 4.11. The first-order valence-electron chi connectivity index (χ1n) is 12.2. The molecular formula is C26H31F2N5O4. The monoisotopic (exact) mass is 515 g/mol. The number of hydrogen-bond donors (Lipinski definition) is 3. The van der Waals surface area contributed by atoms with Crippen molar-refractivity contribution in [2.75, 3.05) is 31.6 Å². The van der Waals surface area contributed by atoms with Crippen molar-refractivity contribution >= 4 is 11.8 Å². The number of halogens is 2. The highest BCUT2D eigenvalue weighted by atomic mass is 19.2. The average Bonchev–Trinajstić information content (AvgIpc) is 3.45. The number of nitrogens with one attached hydrogen (secondary N) is 2. The van der Waals surface area contributed by atoms with Crippen molar-refractivity contribution in [3.05, 3.63) is 71.3 Å². The van der Waals surface area contributed by atoms with Gasteiger partial charge in [0, 0.05) is 19.7 Å². The summed E-state index contributed by atoms with van der Waals surface area (Å²) in [4.78, 5) is 19.1. The fraction of sp³-hybridized carbons (Fsp3) is 0.385. The highest BCUT2D eigenvalue weighted by molar-refractivity contribution is 5.90. The van der Waals surface area contributed by atoms with Gasteiger partial charge in [-0.25, -0.2) is 18.3 Å². The van der Waals surface area contributed by atoms with Crippen LogP contribution in [0, 0.1) is 18.6 Å². The van der Waals surface area contributed by atoms with Crippen molar-refractivity contribution < 1.29 is 28.3 Å². The zero-order valence-corrected chi connectivity index (χ0v) is 20.8. The van der Waals surface area contributed by atoms with Gasteiger partial charge in [0.25, 0.3) is 0 Å². The Balaban J connectivity index is 1.54. The molecule has 2 heterocycles. The third-order valence-electron chi connectivity index (χ3n) is 6.07. The second-order valence-corrected chi connectivity index (χ2v) is 8.69. The molecule has 2 amide bonds. The van der Waals surface area contributed by atoms with E-state index in [1.807, 2.05) is 37.3 Å². The standard InChI is InChI=1S/C26H31F2N5O4/c1-3-32-16-22(23(37-32)18-11-12-20(27)21(28)15-18)29-26(35)30-24-17(2)25(36-14-8-7-13-34)31-33(24)19-9-5-4-6-10-19/h4-6,9-12,15,22-23,34H,3,7-8,13-14,16H2,1-2H3,(H2,29,30,35)/t22-,23+/m1/s1. The summed E-state index contributed by atoms with van der Waals surface area (Å²) in [7, 11) is 0. The number of hydroxylamine groups is 2. The summed E-state index contributed by atoms with van der Waals surface area (Å²) in [5, 5.41) is 21.0. The van der Waals surface area contributed by atoms with Gasteiger partial charge in [0.05, 0.1) is 23.9 Å². The van der Waals surface area contributed by atoms with E-state index in [-0.39, 0.29) is 6.61 Å². The molecule has 1 saturated heterocycles. The van der Waals surface area contributed by atoms with E-state index >= 15 is 0 Å². The van der Waals surface area contributed by atoms with Crippen LogP contribution in [-0.4, -0.2) is 58.3 Å². The van der Waals surface area contributed by atoms with Crippen molar-refractivity contribution in [3.63, 3.8) is 0 Å². The first-order valence-corrected chi connectivity index (χ1v) is 12.2. The number of unbranched alkanes of at least 4 members (excludes halogenated alkanes) is 1. The number of amides is 2. The molecule has 0 radical (unpaired) electrons. The summed E-state index contributed by atoms with van der Waals surface area (Å²) >= 11 is 0. The first kappa shape index (κ1) is 26.5. The van der Waals surface area contributed by atoms with Crippen LogP contribution >= 0.6 is 0 Å². The molecule has 0 unspecified atom stereocenters. The largest absolute Gasteiger partial charge is 0.476 e. The number of ether oxygens (including phenoxy) is 1. The number of benzene rings is 2. The van der Waals surface area contributed by atoms with Crippen molar-refractivity contribution in [3.8, 4) is 11.6 Å². The van der Waals surface area contributed by atoms with Gasteiger partial charge in [0.1, 0.15) is 11.9 Å². The average molecular weight is 516 g/mol. The lowest BCUT2D eigenvalue weighted by Gasteiger charge is -2.19. The fourth-order valence-corrected chi connectivity index (χ4v) is 4.11. The molecule has 3 aromatic rings. The van der Waals surface area contributed by atoms with Gasteiger partial charge in [-0.1, -0.05) is 31.2 Å². The van der Waals surface area contributed by atoms with E-state index in [0.29, 0.717) is 55.4 Å². The second kappa shape index (κ2) is 12.1. The Kier molecular flexibility index (Phi) is 8.70. The van der Waals surface area contributed by atoms with Gasteiger partial charge in [0.15, 0.2) is 11.6 Å². The summed E-state index contributed by atoms with van der Waals surface area (Å²) < 4.78 is 34.8. The van der Waals surface area contributed by atoms with E-state index in [9.17, 15) is 13.6 Å². The summed E-state index contributed by atoms with van der Waals surface area (Å²) in [5.41, 5.74) is 1.79. The Morgan fingerprint density at radius 2 is 1.97 bits per heavy atom. The van der Waals surface area contributed by atoms with Crippen LogP contribution in [0.15, 0.2) is 48.5 Å². The minimum Gasteiger partial charge on any atom is -0.476 e. The van der Waals surface area contributed by atoms with E-state index in [1.165, 1.54) is 6.07 Å². The van der Waals surface area contributed by atoms with Crippen LogP contribution in [0.2, 0.25) is 0 Å². The van der Waals surface area contributed by atoms with E-state index in [2.05, 4.69) is 15.7 Å². The van der Waals surface area contributed by atoms with Crippen molar-refractivity contribution in [1.82, 2.24) is 20.2 Å². The Morgan fingerprint density at radius 3 is 2.68 bits per heavy atom. The van der Waals surface area contributed by atoms with Crippen LogP contribution < -0.4 is 15.4 Å². The van der Waals surface area contributed by atoms with E-state index in [4.69, 9.17) is 14.7 Å². The normalized spacial score (nSPS) is 17.6. The molecule has 2 aromatic carbocycles. The van der Waals surface area contributed by atoms with Gasteiger partial charge in [0.2, 0.25) is 5.88 Å². The first-order chi connectivity index (χ1) is 17.9. The molecule has 0 aliphatic carbocycles. The van der Waals surface area contributed by atoms with Crippen LogP contribution in [0.5, 0.6) is 5.88 Å². The van der Waals surface area contributed by atoms with E-state index < -0.39 is 29.8 Å². The molecule has 1 aliphatic heterocycles. The van der Waals surface area contributed by atoms with E-state index in [0.717, 1.165) is 17.8 Å². The number of urea groups is 1. The van der Waals surface area contributed by atoms with Crippen molar-refractivity contribution in [2.24, 2.45) is 0 Å². The van der Waals surface area contributed by atoms with Crippen LogP contribution in [0.1, 0.15) is 37.0 Å². The highest BCUT2D eigenvalue weighted by Crippen LogP contribution is 2.31. The SMILES string of the molecule is CCN1C[C@@H](NC(=O)Nc2c(C)c(OCCCCO)nn2-c2ccccc2)[C@H](c2ccc(F)c(F)c2)O1. The number of para-hydroxylation sites is 1. The highest BCUT2D eigenvalue weighted by Gasteiger charge is 2.36. The number of carbonyl (C=O) groups excluding carboxylic acids is 1. The lowest BCUT2D eigenvalue weighted by Crippen LogP contribution is -2.42. The Labute approximate surface area is 213 Å². The topological polar surface area (TPSA) is 101 Å². The number of aromatic nitrogens is 2. The number of nitrogens with zero attached hydrogens (tertiary/aromatic N) is 3. The maximum Gasteiger partial charge on any atom is 0.320 e. The summed E-state index contributed by atoms with van der Waals surface area (Å²) in [6.07, 6.45) is 0.591. The van der Waals surface area contributed by atoms with Crippen LogP contribution in [0.3, 0.4) is 0 Å². The quantitative estimate of drug-likeness (QED) is 0.352. The summed E-state index contributed by atoms with van der Waals surface area (Å²) in [6.45, 7) is 5.07. The van der Waals surface area contributed by atoms with Gasteiger partial charge in [-0.05, 0) is 49.6 Å². The molecule has 3 N–H and O–H groups in total. The maximum atomic E-state index is 13.9. The van der Waals surface area contributed by atoms with Crippen LogP contribution in [0.25, 0.3) is 5.69 Å². The molecule has 11 heteroatoms. The van der Waals surface area contributed by atoms with Gasteiger partial charge < -0.3 is 15.2 Å². The van der Waals surface area contributed by atoms with Gasteiger partial charge >= 0.3 is 6.03 Å². The third-order valence-corrected chi connectivity index (χ3v) is 6.07. The minimum atomic E-state index is -0.979. The van der Waals surface area contributed by atoms with E-state index in [1.54, 1.807) is 16.7 Å². The summed E-state index contributed by atoms with van der Waals surface area (Å²) in [5.74, 6) is -1.13. The van der Waals surface area contributed by atoms with Crippen LogP contribution in [-0.2, 0) is 4.84 Å². The lowest BCUT2D eigenvalue weighted by molar-refractivity contribution is -0.144. The summed E-state index contributed by atoms with van der Waals surface area (Å²) in [6, 6.07) is 11.9. The molecule has 0 spiro atoms. The molecule has 1 fully saturated rings. The maximum absolute atomic E-state index is 13.9. The Hall–Kier alpha value is -3.54. The molecule has 0 saturated carbocycles. The molecule has 2 atom stereocenters. The van der Waals surface area contributed by atoms with Gasteiger partial charge in [-0.15, -0.1) is 5.10 Å². The zero-order chi connectivity index (χ0) is 26.4. The molecule has 0 bridgehead atoms. The Morgan fingerprint density at radius 1 is 1.19 bits per heavy atom. The number of carbonyl (C=O) groups is 1. The number of likely N-dealkylation sites (N-methyl/N-ethyl adjacent to an activating group) is 1. The van der Waals surface area contributed by atoms with Crippen molar-refractivity contribution in [2.45, 2.75) is 38.8 Å². The minimum absolute atomic E-state index is 0.0830. The smallest absolute Gasteiger partial charge is 0.320 e. The molecule has 37 heavy (non-hydrogen) atoms.